The van der Waals surface area contributed by atoms with Crippen molar-refractivity contribution in [3.8, 4) is 0 Å². The maximum Gasteiger partial charge on any atom is 0.333 e. The van der Waals surface area contributed by atoms with Gasteiger partial charge in [-0.05, 0) is 19.8 Å². The van der Waals surface area contributed by atoms with Gasteiger partial charge >= 0.3 is 7.60 Å². The van der Waals surface area contributed by atoms with Crippen LogP contribution in [0.25, 0.3) is 0 Å². The molecule has 0 aromatic carbocycles. The van der Waals surface area contributed by atoms with Gasteiger partial charge in [0, 0.05) is 32.2 Å². The first-order valence-electron chi connectivity index (χ1n) is 12.7. The molecule has 1 aromatic rings. The van der Waals surface area contributed by atoms with Crippen LogP contribution in [0.2, 0.25) is 0 Å². The number of aliphatic hydroxyl groups excluding tert-OH is 2. The van der Waals surface area contributed by atoms with Gasteiger partial charge in [0.05, 0.1) is 37.5 Å². The Balaban J connectivity index is 1.60. The third-order valence-electron chi connectivity index (χ3n) is 5.92. The minimum Gasteiger partial charge on any atom is -0.396 e. The van der Waals surface area contributed by atoms with E-state index in [0.29, 0.717) is 25.4 Å². The Hall–Kier alpha value is -1.29. The van der Waals surface area contributed by atoms with Crippen LogP contribution in [0.3, 0.4) is 0 Å². The standard InChI is InChI=1S/C23H43N4O6P/c1-2-32-34(31,33-13-11-9-7-5-3-4-6-8-10-12-28)17-20(29)16-24-14-19-15-25-22-21(19)26-18-27-23(22)30/h18-20,24-25,28-29H,2-17H2,1H3,(H,26,27,30). The van der Waals surface area contributed by atoms with Crippen LogP contribution in [-0.4, -0.2) is 71.9 Å². The summed E-state index contributed by atoms with van der Waals surface area (Å²) in [7, 11) is -3.36. The SMILES string of the molecule is CCOP(=O)(CC(O)CNCC1CNc2c1nc[nH]c2=O)OCCCCCCCCCCCO. The van der Waals surface area contributed by atoms with Crippen LogP contribution in [0, 0.1) is 0 Å². The lowest BCUT2D eigenvalue weighted by molar-refractivity contribution is 0.162. The number of hydrogen-bond acceptors (Lipinski definition) is 9. The Labute approximate surface area is 202 Å². The molecule has 1 aliphatic rings. The molecule has 11 heteroatoms. The number of aliphatic hydroxyl groups is 2. The number of nitrogens with zero attached hydrogens (tertiary/aromatic N) is 1. The van der Waals surface area contributed by atoms with Crippen molar-refractivity contribution in [2.45, 2.75) is 76.7 Å². The van der Waals surface area contributed by atoms with Crippen LogP contribution >= 0.6 is 7.60 Å². The molecule has 1 aliphatic heterocycles. The van der Waals surface area contributed by atoms with Gasteiger partial charge in [-0.25, -0.2) is 4.98 Å². The monoisotopic (exact) mass is 502 g/mol. The van der Waals surface area contributed by atoms with E-state index < -0.39 is 13.7 Å². The Kier molecular flexibility index (Phi) is 14.0. The van der Waals surface area contributed by atoms with E-state index in [1.165, 1.54) is 32.0 Å². The molecule has 1 aromatic heterocycles. The molecule has 0 radical (unpaired) electrons. The zero-order chi connectivity index (χ0) is 24.7. The normalized spacial score (nSPS) is 17.8. The van der Waals surface area contributed by atoms with Crippen molar-refractivity contribution in [1.82, 2.24) is 15.3 Å². The lowest BCUT2D eigenvalue weighted by Gasteiger charge is -2.21. The number of rotatable bonds is 20. The second-order valence-corrected chi connectivity index (χ2v) is 10.9. The highest BCUT2D eigenvalue weighted by molar-refractivity contribution is 7.53. The summed E-state index contributed by atoms with van der Waals surface area (Å²) in [6.07, 6.45) is 10.2. The number of H-pyrrole nitrogens is 1. The molecule has 5 N–H and O–H groups in total. The molecule has 10 nitrogen and oxygen atoms in total. The zero-order valence-corrected chi connectivity index (χ0v) is 21.4. The van der Waals surface area contributed by atoms with Crippen molar-refractivity contribution in [1.29, 1.82) is 0 Å². The summed E-state index contributed by atoms with van der Waals surface area (Å²) in [5.74, 6) is 0.0278. The number of unbranched alkanes of at least 4 members (excludes halogenated alkanes) is 8. The summed E-state index contributed by atoms with van der Waals surface area (Å²) in [6, 6.07) is 0. The lowest BCUT2D eigenvalue weighted by Crippen LogP contribution is -2.33. The van der Waals surface area contributed by atoms with Gasteiger partial charge in [0.25, 0.3) is 5.56 Å². The predicted octanol–water partition coefficient (Wildman–Crippen LogP) is 2.98. The molecule has 0 amide bonds. The van der Waals surface area contributed by atoms with E-state index in [-0.39, 0.29) is 37.4 Å². The van der Waals surface area contributed by atoms with E-state index in [1.54, 1.807) is 6.92 Å². The number of anilines is 1. The molecule has 0 fully saturated rings. The van der Waals surface area contributed by atoms with Gasteiger partial charge < -0.3 is 34.9 Å². The minimum atomic E-state index is -3.36. The van der Waals surface area contributed by atoms with Crippen LogP contribution in [0.15, 0.2) is 11.1 Å². The van der Waals surface area contributed by atoms with Gasteiger partial charge in [0.2, 0.25) is 0 Å². The van der Waals surface area contributed by atoms with Crippen molar-refractivity contribution >= 4 is 13.3 Å². The quantitative estimate of drug-likeness (QED) is 0.134. The molecule has 2 rings (SSSR count). The van der Waals surface area contributed by atoms with E-state index in [4.69, 9.17) is 14.2 Å². The van der Waals surface area contributed by atoms with E-state index >= 15 is 0 Å². The fourth-order valence-corrected chi connectivity index (χ4v) is 5.86. The third kappa shape index (κ3) is 10.5. The smallest absolute Gasteiger partial charge is 0.333 e. The Morgan fingerprint density at radius 3 is 2.50 bits per heavy atom. The molecule has 3 unspecified atom stereocenters. The Bertz CT molecular complexity index is 793. The zero-order valence-electron chi connectivity index (χ0n) is 20.5. The molecule has 0 saturated carbocycles. The van der Waals surface area contributed by atoms with Gasteiger partial charge in [-0.1, -0.05) is 44.9 Å². The average molecular weight is 503 g/mol. The molecule has 3 atom stereocenters. The van der Waals surface area contributed by atoms with E-state index in [2.05, 4.69) is 20.6 Å². The van der Waals surface area contributed by atoms with Crippen LogP contribution in [0.5, 0.6) is 0 Å². The first kappa shape index (κ1) is 28.9. The maximum absolute atomic E-state index is 13.0. The van der Waals surface area contributed by atoms with E-state index in [0.717, 1.165) is 37.8 Å². The number of hydrogen-bond donors (Lipinski definition) is 5. The molecule has 34 heavy (non-hydrogen) atoms. The second kappa shape index (κ2) is 16.4. The van der Waals surface area contributed by atoms with Crippen LogP contribution in [0.1, 0.15) is 76.3 Å². The Morgan fingerprint density at radius 1 is 1.15 bits per heavy atom. The second-order valence-electron chi connectivity index (χ2n) is 8.83. The van der Waals surface area contributed by atoms with Gasteiger partial charge in [-0.2, -0.15) is 0 Å². The minimum absolute atomic E-state index is 0.0278. The van der Waals surface area contributed by atoms with Crippen LogP contribution in [0.4, 0.5) is 5.69 Å². The fraction of sp³-hybridized carbons (Fsp3) is 0.826. The molecule has 0 aliphatic carbocycles. The molecule has 0 spiro atoms. The summed E-state index contributed by atoms with van der Waals surface area (Å²) in [4.78, 5) is 18.6. The van der Waals surface area contributed by atoms with Crippen molar-refractivity contribution in [3.05, 3.63) is 22.4 Å². The highest BCUT2D eigenvalue weighted by atomic mass is 31.2. The number of fused-ring (bicyclic) bond motifs is 1. The van der Waals surface area contributed by atoms with Gasteiger partial charge in [0.1, 0.15) is 5.69 Å². The van der Waals surface area contributed by atoms with E-state index in [1.807, 2.05) is 0 Å². The molecular weight excluding hydrogens is 459 g/mol. The Morgan fingerprint density at radius 2 is 1.82 bits per heavy atom. The molecule has 0 saturated heterocycles. The van der Waals surface area contributed by atoms with Crippen molar-refractivity contribution < 1.29 is 23.8 Å². The fourth-order valence-electron chi connectivity index (χ4n) is 4.13. The molecular formula is C23H43N4O6P. The van der Waals surface area contributed by atoms with Crippen LogP contribution < -0.4 is 16.2 Å². The highest BCUT2D eigenvalue weighted by Crippen LogP contribution is 2.48. The summed E-state index contributed by atoms with van der Waals surface area (Å²) in [5, 5.41) is 25.4. The first-order valence-corrected chi connectivity index (χ1v) is 14.4. The summed E-state index contributed by atoms with van der Waals surface area (Å²) < 4.78 is 24.0. The topological polar surface area (TPSA) is 146 Å². The number of nitrogens with one attached hydrogen (secondary N) is 3. The van der Waals surface area contributed by atoms with Crippen molar-refractivity contribution in [2.75, 3.05) is 50.9 Å². The van der Waals surface area contributed by atoms with Crippen LogP contribution in [-0.2, 0) is 13.6 Å². The highest BCUT2D eigenvalue weighted by Gasteiger charge is 2.29. The van der Waals surface area contributed by atoms with Gasteiger partial charge in [0.15, 0.2) is 0 Å². The van der Waals surface area contributed by atoms with Gasteiger partial charge in [-0.15, -0.1) is 0 Å². The largest absolute Gasteiger partial charge is 0.396 e. The third-order valence-corrected chi connectivity index (χ3v) is 8.01. The van der Waals surface area contributed by atoms with Crippen molar-refractivity contribution in [2.24, 2.45) is 0 Å². The van der Waals surface area contributed by atoms with E-state index in [9.17, 15) is 14.5 Å². The average Bonchev–Trinajstić information content (AvgIpc) is 3.22. The molecule has 0 bridgehead atoms. The molecule has 196 valence electrons. The maximum atomic E-state index is 13.0. The number of aromatic amines is 1. The first-order chi connectivity index (χ1) is 16.5. The lowest BCUT2D eigenvalue weighted by atomic mass is 10.1. The molecule has 2 heterocycles. The summed E-state index contributed by atoms with van der Waals surface area (Å²) in [6.45, 7) is 4.05. The number of aromatic nitrogens is 2. The van der Waals surface area contributed by atoms with Crippen molar-refractivity contribution in [3.63, 3.8) is 0 Å². The summed E-state index contributed by atoms with van der Waals surface area (Å²) >= 11 is 0. The predicted molar refractivity (Wildman–Crippen MR) is 134 cm³/mol. The van der Waals surface area contributed by atoms with Gasteiger partial charge in [-0.3, -0.25) is 9.36 Å². The summed E-state index contributed by atoms with van der Waals surface area (Å²) in [5.41, 5.74) is 1.04.